The zero-order chi connectivity index (χ0) is 13.8. The van der Waals surface area contributed by atoms with Crippen molar-refractivity contribution in [3.05, 3.63) is 23.6 Å². The highest BCUT2D eigenvalue weighted by Crippen LogP contribution is 2.10. The second-order valence-electron chi connectivity index (χ2n) is 4.01. The lowest BCUT2D eigenvalue weighted by atomic mass is 10.3. The van der Waals surface area contributed by atoms with Crippen LogP contribution >= 0.6 is 0 Å². The molecule has 0 aromatic carbocycles. The third-order valence-electron chi connectivity index (χ3n) is 2.58. The van der Waals surface area contributed by atoms with Crippen LogP contribution in [0.4, 0.5) is 5.69 Å². The van der Waals surface area contributed by atoms with Crippen LogP contribution in [0.1, 0.15) is 29.1 Å². The molecular formula is C11H16N6O2. The van der Waals surface area contributed by atoms with Gasteiger partial charge in [0.15, 0.2) is 5.82 Å². The first-order valence-corrected chi connectivity index (χ1v) is 6.00. The summed E-state index contributed by atoms with van der Waals surface area (Å²) in [5.41, 5.74) is 6.47. The summed E-state index contributed by atoms with van der Waals surface area (Å²) >= 11 is 0. The predicted octanol–water partition coefficient (Wildman–Crippen LogP) is 0.149. The molecule has 19 heavy (non-hydrogen) atoms. The number of nitrogens with two attached hydrogens (primary N) is 1. The highest BCUT2D eigenvalue weighted by atomic mass is 16.5. The van der Waals surface area contributed by atoms with Gasteiger partial charge in [-0.2, -0.15) is 10.1 Å². The molecule has 2 rings (SSSR count). The molecular weight excluding hydrogens is 248 g/mol. The maximum Gasteiger partial charge on any atom is 0.271 e. The summed E-state index contributed by atoms with van der Waals surface area (Å²) in [5, 5.41) is 10.4. The van der Waals surface area contributed by atoms with Gasteiger partial charge in [0.2, 0.25) is 5.89 Å². The minimum absolute atomic E-state index is 0.256. The highest BCUT2D eigenvalue weighted by Gasteiger charge is 2.15. The van der Waals surface area contributed by atoms with Crippen molar-refractivity contribution in [3.8, 4) is 0 Å². The number of carbonyl (C=O) groups is 1. The summed E-state index contributed by atoms with van der Waals surface area (Å²) in [6.45, 7) is 4.62. The number of nitrogen functional groups attached to an aromatic ring is 1. The van der Waals surface area contributed by atoms with Crippen LogP contribution in [-0.4, -0.2) is 32.4 Å². The number of anilines is 1. The second kappa shape index (κ2) is 5.51. The normalized spacial score (nSPS) is 10.6. The number of aryl methyl sites for hydroxylation is 2. The van der Waals surface area contributed by atoms with Crippen molar-refractivity contribution in [2.24, 2.45) is 0 Å². The molecule has 2 aromatic heterocycles. The molecule has 0 aliphatic carbocycles. The molecule has 2 aromatic rings. The third kappa shape index (κ3) is 2.90. The number of nitrogens with zero attached hydrogens (tertiary/aromatic N) is 4. The summed E-state index contributed by atoms with van der Waals surface area (Å²) in [5.74, 6) is 0.817. The Hall–Kier alpha value is -2.38. The van der Waals surface area contributed by atoms with Crippen LogP contribution in [0.3, 0.4) is 0 Å². The summed E-state index contributed by atoms with van der Waals surface area (Å²) in [6.07, 6.45) is 1.95. The lowest BCUT2D eigenvalue weighted by Gasteiger charge is -2.06. The fourth-order valence-electron chi connectivity index (χ4n) is 1.70. The molecule has 102 valence electrons. The largest absolute Gasteiger partial charge is 0.396 e. The Labute approximate surface area is 110 Å². The number of hydrogen-bond acceptors (Lipinski definition) is 6. The molecule has 2 heterocycles. The van der Waals surface area contributed by atoms with Gasteiger partial charge in [-0.3, -0.25) is 9.48 Å². The van der Waals surface area contributed by atoms with E-state index in [0.717, 1.165) is 0 Å². The molecule has 0 fully saturated rings. The Bertz CT molecular complexity index is 574. The van der Waals surface area contributed by atoms with Gasteiger partial charge in [0, 0.05) is 19.5 Å². The van der Waals surface area contributed by atoms with Gasteiger partial charge in [-0.1, -0.05) is 5.16 Å². The lowest BCUT2D eigenvalue weighted by Crippen LogP contribution is -2.28. The Morgan fingerprint density at radius 3 is 3.00 bits per heavy atom. The van der Waals surface area contributed by atoms with Gasteiger partial charge in [-0.25, -0.2) is 0 Å². The molecule has 0 spiro atoms. The first kappa shape index (κ1) is 13.1. The van der Waals surface area contributed by atoms with Crippen molar-refractivity contribution in [2.75, 3.05) is 12.3 Å². The van der Waals surface area contributed by atoms with E-state index in [4.69, 9.17) is 10.3 Å². The number of aromatic nitrogens is 4. The lowest BCUT2D eigenvalue weighted by molar-refractivity contribution is 0.0943. The topological polar surface area (TPSA) is 112 Å². The molecule has 3 N–H and O–H groups in total. The summed E-state index contributed by atoms with van der Waals surface area (Å²) in [6, 6.07) is 0. The SMILES string of the molecule is CCn1ncc(N)c1C(=O)NCCc1nc(C)no1. The fourth-order valence-corrected chi connectivity index (χ4v) is 1.70. The molecule has 0 atom stereocenters. The van der Waals surface area contributed by atoms with E-state index in [1.807, 2.05) is 6.92 Å². The molecule has 0 saturated carbocycles. The molecule has 0 aliphatic rings. The minimum atomic E-state index is -0.256. The van der Waals surface area contributed by atoms with E-state index in [1.165, 1.54) is 6.20 Å². The quantitative estimate of drug-likeness (QED) is 0.795. The fraction of sp³-hybridized carbons (Fsp3) is 0.455. The van der Waals surface area contributed by atoms with Crippen LogP contribution in [0, 0.1) is 6.92 Å². The van der Waals surface area contributed by atoms with Crippen molar-refractivity contribution in [2.45, 2.75) is 26.8 Å². The molecule has 1 amide bonds. The monoisotopic (exact) mass is 264 g/mol. The van der Waals surface area contributed by atoms with Crippen molar-refractivity contribution in [1.82, 2.24) is 25.2 Å². The summed E-state index contributed by atoms with van der Waals surface area (Å²) in [4.78, 5) is 16.0. The number of hydrogen-bond donors (Lipinski definition) is 2. The van der Waals surface area contributed by atoms with Crippen molar-refractivity contribution >= 4 is 11.6 Å². The zero-order valence-corrected chi connectivity index (χ0v) is 10.9. The van der Waals surface area contributed by atoms with Gasteiger partial charge < -0.3 is 15.6 Å². The minimum Gasteiger partial charge on any atom is -0.396 e. The molecule has 0 unspecified atom stereocenters. The van der Waals surface area contributed by atoms with Crippen LogP contribution < -0.4 is 11.1 Å². The number of rotatable bonds is 5. The average molecular weight is 264 g/mol. The standard InChI is InChI=1S/C11H16N6O2/c1-3-17-10(8(12)6-14-17)11(18)13-5-4-9-15-7(2)16-19-9/h6H,3-5,12H2,1-2H3,(H,13,18). The molecule has 0 bridgehead atoms. The molecule has 0 aliphatic heterocycles. The Morgan fingerprint density at radius 2 is 2.37 bits per heavy atom. The number of amides is 1. The maximum absolute atomic E-state index is 12.0. The Kier molecular flexibility index (Phi) is 3.79. The first-order valence-electron chi connectivity index (χ1n) is 6.00. The van der Waals surface area contributed by atoms with Crippen molar-refractivity contribution in [1.29, 1.82) is 0 Å². The van der Waals surface area contributed by atoms with Gasteiger partial charge in [0.25, 0.3) is 5.91 Å². The third-order valence-corrected chi connectivity index (χ3v) is 2.58. The zero-order valence-electron chi connectivity index (χ0n) is 10.9. The van der Waals surface area contributed by atoms with Crippen molar-refractivity contribution in [3.63, 3.8) is 0 Å². The van der Waals surface area contributed by atoms with E-state index in [-0.39, 0.29) is 5.91 Å². The second-order valence-corrected chi connectivity index (χ2v) is 4.01. The average Bonchev–Trinajstić information content (AvgIpc) is 2.95. The smallest absolute Gasteiger partial charge is 0.271 e. The van der Waals surface area contributed by atoms with E-state index in [9.17, 15) is 4.79 Å². The van der Waals surface area contributed by atoms with Crippen LogP contribution in [0.5, 0.6) is 0 Å². The summed E-state index contributed by atoms with van der Waals surface area (Å²) in [7, 11) is 0. The van der Waals surface area contributed by atoms with E-state index in [2.05, 4.69) is 20.6 Å². The molecule has 8 heteroatoms. The van der Waals surface area contributed by atoms with Gasteiger partial charge in [0.05, 0.1) is 11.9 Å². The van der Waals surface area contributed by atoms with Gasteiger partial charge in [0.1, 0.15) is 5.69 Å². The van der Waals surface area contributed by atoms with E-state index >= 15 is 0 Å². The van der Waals surface area contributed by atoms with Gasteiger partial charge in [-0.15, -0.1) is 0 Å². The van der Waals surface area contributed by atoms with E-state index < -0.39 is 0 Å². The first-order chi connectivity index (χ1) is 9.11. The Morgan fingerprint density at radius 1 is 1.58 bits per heavy atom. The Balaban J connectivity index is 1.92. The maximum atomic E-state index is 12.0. The van der Waals surface area contributed by atoms with Crippen molar-refractivity contribution < 1.29 is 9.32 Å². The molecule has 0 saturated heterocycles. The van der Waals surface area contributed by atoms with Crippen LogP contribution in [-0.2, 0) is 13.0 Å². The van der Waals surface area contributed by atoms with E-state index in [0.29, 0.717) is 42.6 Å². The van der Waals surface area contributed by atoms with Gasteiger partial charge >= 0.3 is 0 Å². The van der Waals surface area contributed by atoms with Crippen LogP contribution in [0.15, 0.2) is 10.7 Å². The number of nitrogens with one attached hydrogen (secondary N) is 1. The van der Waals surface area contributed by atoms with Crippen LogP contribution in [0.25, 0.3) is 0 Å². The van der Waals surface area contributed by atoms with Gasteiger partial charge in [-0.05, 0) is 13.8 Å². The highest BCUT2D eigenvalue weighted by molar-refractivity contribution is 5.97. The molecule has 0 radical (unpaired) electrons. The van der Waals surface area contributed by atoms with E-state index in [1.54, 1.807) is 11.6 Å². The summed E-state index contributed by atoms with van der Waals surface area (Å²) < 4.78 is 6.51. The molecule has 8 nitrogen and oxygen atoms in total. The predicted molar refractivity (Wildman–Crippen MR) is 67.4 cm³/mol. The van der Waals surface area contributed by atoms with Crippen LogP contribution in [0.2, 0.25) is 0 Å². The number of carbonyl (C=O) groups excluding carboxylic acids is 1.